The van der Waals surface area contributed by atoms with Gasteiger partial charge in [0.25, 0.3) is 0 Å². The number of morpholine rings is 1. The van der Waals surface area contributed by atoms with Gasteiger partial charge in [-0.3, -0.25) is 14.5 Å². The number of carbonyl (C=O) groups excluding carboxylic acids is 2. The van der Waals surface area contributed by atoms with E-state index in [1.165, 1.54) is 0 Å². The fourth-order valence-corrected chi connectivity index (χ4v) is 3.73. The lowest BCUT2D eigenvalue weighted by molar-refractivity contribution is -0.132. The summed E-state index contributed by atoms with van der Waals surface area (Å²) in [4.78, 5) is 30.9. The molecule has 0 bridgehead atoms. The molecule has 0 spiro atoms. The summed E-state index contributed by atoms with van der Waals surface area (Å²) in [7, 11) is 0. The molecule has 3 saturated heterocycles. The first-order valence-corrected chi connectivity index (χ1v) is 9.31. The highest BCUT2D eigenvalue weighted by molar-refractivity contribution is 5.78. The van der Waals surface area contributed by atoms with Crippen molar-refractivity contribution in [2.45, 2.75) is 31.7 Å². The van der Waals surface area contributed by atoms with Crippen LogP contribution in [0.5, 0.6) is 0 Å². The van der Waals surface area contributed by atoms with Crippen molar-refractivity contribution in [3.8, 4) is 0 Å². The quantitative estimate of drug-likeness (QED) is 0.750. The largest absolute Gasteiger partial charge is 0.378 e. The molecule has 1 N–H and O–H groups in total. The molecule has 3 fully saturated rings. The van der Waals surface area contributed by atoms with E-state index in [9.17, 15) is 9.59 Å². The van der Waals surface area contributed by atoms with Crippen LogP contribution >= 0.6 is 0 Å². The lowest BCUT2D eigenvalue weighted by atomic mass is 10.1. The number of ether oxygens (including phenoxy) is 1. The van der Waals surface area contributed by atoms with E-state index in [1.807, 2.05) is 9.80 Å². The molecule has 7 heteroatoms. The minimum Gasteiger partial charge on any atom is -0.378 e. The summed E-state index contributed by atoms with van der Waals surface area (Å²) in [5.41, 5.74) is 0. The lowest BCUT2D eigenvalue weighted by Gasteiger charge is -2.27. The van der Waals surface area contributed by atoms with E-state index in [2.05, 4.69) is 10.2 Å². The second-order valence-corrected chi connectivity index (χ2v) is 7.03. The van der Waals surface area contributed by atoms with Crippen molar-refractivity contribution >= 4 is 11.8 Å². The van der Waals surface area contributed by atoms with Crippen molar-refractivity contribution in [3.63, 3.8) is 0 Å². The van der Waals surface area contributed by atoms with Crippen LogP contribution < -0.4 is 5.32 Å². The smallest absolute Gasteiger partial charge is 0.236 e. The molecule has 0 radical (unpaired) electrons. The van der Waals surface area contributed by atoms with Crippen molar-refractivity contribution < 1.29 is 14.3 Å². The maximum Gasteiger partial charge on any atom is 0.236 e. The van der Waals surface area contributed by atoms with Gasteiger partial charge < -0.3 is 19.9 Å². The molecule has 3 rings (SSSR count). The molecule has 136 valence electrons. The summed E-state index contributed by atoms with van der Waals surface area (Å²) in [6, 6.07) is 0.141. The second kappa shape index (κ2) is 8.78. The molecule has 0 aliphatic carbocycles. The van der Waals surface area contributed by atoms with Gasteiger partial charge in [-0.2, -0.15) is 0 Å². The van der Waals surface area contributed by atoms with Gasteiger partial charge >= 0.3 is 0 Å². The number of nitrogens with one attached hydrogen (secondary N) is 1. The van der Waals surface area contributed by atoms with Crippen molar-refractivity contribution in [1.82, 2.24) is 20.0 Å². The minimum absolute atomic E-state index is 0.141. The Morgan fingerprint density at radius 2 is 1.67 bits per heavy atom. The maximum atomic E-state index is 12.5. The van der Waals surface area contributed by atoms with Gasteiger partial charge in [0.1, 0.15) is 0 Å². The number of amides is 2. The number of hydrogen-bond donors (Lipinski definition) is 1. The molecule has 2 amide bonds. The Bertz CT molecular complexity index is 434. The number of hydrogen-bond acceptors (Lipinski definition) is 5. The van der Waals surface area contributed by atoms with E-state index >= 15 is 0 Å². The summed E-state index contributed by atoms with van der Waals surface area (Å²) in [5, 5.41) is 3.34. The molecule has 1 unspecified atom stereocenters. The fraction of sp³-hybridized carbons (Fsp3) is 0.882. The average Bonchev–Trinajstić information content (AvgIpc) is 3.03. The highest BCUT2D eigenvalue weighted by atomic mass is 16.5. The molecule has 0 aromatic carbocycles. The Morgan fingerprint density at radius 1 is 0.917 bits per heavy atom. The van der Waals surface area contributed by atoms with Crippen molar-refractivity contribution in [2.24, 2.45) is 0 Å². The van der Waals surface area contributed by atoms with Crippen molar-refractivity contribution in [2.75, 3.05) is 65.6 Å². The molecule has 7 nitrogen and oxygen atoms in total. The Labute approximate surface area is 144 Å². The van der Waals surface area contributed by atoms with Gasteiger partial charge in [-0.15, -0.1) is 0 Å². The Morgan fingerprint density at radius 3 is 2.42 bits per heavy atom. The van der Waals surface area contributed by atoms with Gasteiger partial charge in [0.2, 0.25) is 11.8 Å². The Balaban J connectivity index is 1.42. The molecule has 24 heavy (non-hydrogen) atoms. The van der Waals surface area contributed by atoms with Gasteiger partial charge in [-0.05, 0) is 19.3 Å². The van der Waals surface area contributed by atoms with Crippen LogP contribution in [0.2, 0.25) is 0 Å². The third-order valence-corrected chi connectivity index (χ3v) is 5.18. The van der Waals surface area contributed by atoms with E-state index in [4.69, 9.17) is 4.74 Å². The molecular formula is C17H30N4O3. The van der Waals surface area contributed by atoms with Gasteiger partial charge in [0.05, 0.1) is 19.8 Å². The zero-order valence-electron chi connectivity index (χ0n) is 14.5. The van der Waals surface area contributed by atoms with Gasteiger partial charge in [-0.25, -0.2) is 0 Å². The first-order valence-electron chi connectivity index (χ1n) is 9.31. The van der Waals surface area contributed by atoms with E-state index < -0.39 is 0 Å². The SMILES string of the molecule is O=C(CC1COCCN1)N1CCCN(CC(=O)N2CCCC2)CC1. The number of carbonyl (C=O) groups is 2. The van der Waals surface area contributed by atoms with Crippen molar-refractivity contribution in [3.05, 3.63) is 0 Å². The zero-order chi connectivity index (χ0) is 16.8. The molecule has 0 aromatic rings. The topological polar surface area (TPSA) is 65.1 Å². The standard InChI is InChI=1S/C17H30N4O3/c22-16(12-15-14-24-11-4-18-15)21-8-3-5-19(9-10-21)13-17(23)20-6-1-2-7-20/h15,18H,1-14H2. The summed E-state index contributed by atoms with van der Waals surface area (Å²) in [6.45, 7) is 7.70. The first-order chi connectivity index (χ1) is 11.7. The fourth-order valence-electron chi connectivity index (χ4n) is 3.73. The first kappa shape index (κ1) is 17.6. The van der Waals surface area contributed by atoms with E-state index in [1.54, 1.807) is 0 Å². The predicted octanol–water partition coefficient (Wildman–Crippen LogP) is -0.478. The molecule has 0 aromatic heterocycles. The van der Waals surface area contributed by atoms with Crippen LogP contribution in [0.1, 0.15) is 25.7 Å². The zero-order valence-corrected chi connectivity index (χ0v) is 14.5. The summed E-state index contributed by atoms with van der Waals surface area (Å²) in [6.07, 6.45) is 3.71. The predicted molar refractivity (Wildman–Crippen MR) is 90.7 cm³/mol. The normalized spacial score (nSPS) is 26.4. The van der Waals surface area contributed by atoms with E-state index in [0.717, 1.165) is 71.7 Å². The Hall–Kier alpha value is -1.18. The monoisotopic (exact) mass is 338 g/mol. The molecule has 3 aliphatic heterocycles. The molecular weight excluding hydrogens is 308 g/mol. The number of nitrogens with zero attached hydrogens (tertiary/aromatic N) is 3. The van der Waals surface area contributed by atoms with Crippen LogP contribution in [0.3, 0.4) is 0 Å². The van der Waals surface area contributed by atoms with Gasteiger partial charge in [0.15, 0.2) is 0 Å². The molecule has 0 saturated carbocycles. The molecule has 3 heterocycles. The third-order valence-electron chi connectivity index (χ3n) is 5.18. The number of likely N-dealkylation sites (tertiary alicyclic amines) is 1. The van der Waals surface area contributed by atoms with Crippen LogP contribution in [-0.4, -0.2) is 98.1 Å². The number of rotatable bonds is 4. The molecule has 1 atom stereocenters. The van der Waals surface area contributed by atoms with E-state index in [0.29, 0.717) is 19.6 Å². The van der Waals surface area contributed by atoms with Crippen molar-refractivity contribution in [1.29, 1.82) is 0 Å². The highest BCUT2D eigenvalue weighted by Crippen LogP contribution is 2.11. The van der Waals surface area contributed by atoms with Crippen LogP contribution in [0.4, 0.5) is 0 Å². The van der Waals surface area contributed by atoms with Crippen LogP contribution in [-0.2, 0) is 14.3 Å². The minimum atomic E-state index is 0.141. The van der Waals surface area contributed by atoms with Crippen LogP contribution in [0.25, 0.3) is 0 Å². The summed E-state index contributed by atoms with van der Waals surface area (Å²) >= 11 is 0. The van der Waals surface area contributed by atoms with Gasteiger partial charge in [0, 0.05) is 58.3 Å². The third kappa shape index (κ3) is 4.91. The van der Waals surface area contributed by atoms with Gasteiger partial charge in [-0.1, -0.05) is 0 Å². The molecule has 3 aliphatic rings. The second-order valence-electron chi connectivity index (χ2n) is 7.03. The highest BCUT2D eigenvalue weighted by Gasteiger charge is 2.25. The lowest BCUT2D eigenvalue weighted by Crippen LogP contribution is -2.46. The summed E-state index contributed by atoms with van der Waals surface area (Å²) in [5.74, 6) is 0.446. The average molecular weight is 338 g/mol. The maximum absolute atomic E-state index is 12.5. The van der Waals surface area contributed by atoms with E-state index in [-0.39, 0.29) is 17.9 Å². The van der Waals surface area contributed by atoms with Crippen LogP contribution in [0, 0.1) is 0 Å². The Kier molecular flexibility index (Phi) is 6.45. The summed E-state index contributed by atoms with van der Waals surface area (Å²) < 4.78 is 5.42. The van der Waals surface area contributed by atoms with Crippen LogP contribution in [0.15, 0.2) is 0 Å².